The van der Waals surface area contributed by atoms with E-state index >= 15 is 0 Å². The molecule has 0 aliphatic rings. The van der Waals surface area contributed by atoms with Gasteiger partial charge in [-0.05, 0) is 12.1 Å². The van der Waals surface area contributed by atoms with Crippen LogP contribution in [0.3, 0.4) is 0 Å². The molecule has 0 bridgehead atoms. The Morgan fingerprint density at radius 3 is 2.25 bits per heavy atom. The van der Waals surface area contributed by atoms with Crippen LogP contribution in [0.1, 0.15) is 25.5 Å². The molecule has 5 heteroatoms. The van der Waals surface area contributed by atoms with Gasteiger partial charge in [0, 0.05) is 23.6 Å². The molecule has 0 heterocycles. The lowest BCUT2D eigenvalue weighted by Gasteiger charge is -2.30. The number of aliphatic hydroxyl groups excluding tert-OH is 1. The van der Waals surface area contributed by atoms with E-state index in [9.17, 15) is 13.2 Å². The summed E-state index contributed by atoms with van der Waals surface area (Å²) in [5, 5.41) is 9.06. The van der Waals surface area contributed by atoms with E-state index in [0.29, 0.717) is 6.07 Å². The van der Waals surface area contributed by atoms with Gasteiger partial charge in [-0.2, -0.15) is 0 Å². The zero-order valence-electron chi connectivity index (χ0n) is 9.10. The van der Waals surface area contributed by atoms with Crippen molar-refractivity contribution in [2.24, 2.45) is 11.1 Å². The molecule has 0 spiro atoms. The minimum atomic E-state index is -1.30. The summed E-state index contributed by atoms with van der Waals surface area (Å²) in [5.41, 5.74) is 4.18. The Balaban J connectivity index is 3.28. The van der Waals surface area contributed by atoms with E-state index < -0.39 is 34.5 Å². The summed E-state index contributed by atoms with van der Waals surface area (Å²) in [6.07, 6.45) is 0. The molecule has 16 heavy (non-hydrogen) atoms. The van der Waals surface area contributed by atoms with Crippen molar-refractivity contribution in [3.8, 4) is 0 Å². The second kappa shape index (κ2) is 4.43. The van der Waals surface area contributed by atoms with Gasteiger partial charge in [-0.1, -0.05) is 13.8 Å². The highest BCUT2D eigenvalue weighted by molar-refractivity contribution is 5.25. The summed E-state index contributed by atoms with van der Waals surface area (Å²) < 4.78 is 39.7. The average Bonchev–Trinajstić information content (AvgIpc) is 2.24. The molecule has 1 aromatic carbocycles. The maximum atomic E-state index is 13.4. The quantitative estimate of drug-likeness (QED) is 0.785. The van der Waals surface area contributed by atoms with Crippen LogP contribution in [0.2, 0.25) is 0 Å². The zero-order chi connectivity index (χ0) is 12.5. The molecule has 1 rings (SSSR count). The van der Waals surface area contributed by atoms with E-state index in [4.69, 9.17) is 10.8 Å². The van der Waals surface area contributed by atoms with Crippen molar-refractivity contribution in [2.75, 3.05) is 6.61 Å². The summed E-state index contributed by atoms with van der Waals surface area (Å²) >= 11 is 0. The van der Waals surface area contributed by atoms with Gasteiger partial charge in [-0.15, -0.1) is 0 Å². The predicted octanol–water partition coefficient (Wildman–Crippen LogP) is 2.12. The highest BCUT2D eigenvalue weighted by atomic mass is 19.2. The first-order valence-electron chi connectivity index (χ1n) is 4.81. The topological polar surface area (TPSA) is 46.2 Å². The number of hydrogen-bond donors (Lipinski definition) is 2. The van der Waals surface area contributed by atoms with E-state index in [-0.39, 0.29) is 6.61 Å². The number of nitrogens with two attached hydrogens (primary N) is 1. The molecule has 0 radical (unpaired) electrons. The number of aliphatic hydroxyl groups is 1. The third-order valence-electron chi connectivity index (χ3n) is 2.64. The van der Waals surface area contributed by atoms with Crippen LogP contribution >= 0.6 is 0 Å². The van der Waals surface area contributed by atoms with Gasteiger partial charge in [0.15, 0.2) is 11.6 Å². The minimum Gasteiger partial charge on any atom is -0.396 e. The van der Waals surface area contributed by atoms with E-state index in [1.165, 1.54) is 0 Å². The lowest BCUT2D eigenvalue weighted by Crippen LogP contribution is -2.34. The monoisotopic (exact) mass is 233 g/mol. The summed E-state index contributed by atoms with van der Waals surface area (Å²) in [5.74, 6) is -3.36. The lowest BCUT2D eigenvalue weighted by atomic mass is 9.81. The van der Waals surface area contributed by atoms with E-state index in [1.807, 2.05) is 0 Å². The highest BCUT2D eigenvalue weighted by Gasteiger charge is 2.32. The molecule has 2 nitrogen and oxygen atoms in total. The molecule has 3 N–H and O–H groups in total. The summed E-state index contributed by atoms with van der Waals surface area (Å²) in [4.78, 5) is 0. The largest absolute Gasteiger partial charge is 0.396 e. The van der Waals surface area contributed by atoms with Crippen LogP contribution in [0.4, 0.5) is 13.2 Å². The Kier molecular flexibility index (Phi) is 3.60. The highest BCUT2D eigenvalue weighted by Crippen LogP contribution is 2.34. The van der Waals surface area contributed by atoms with Crippen molar-refractivity contribution in [1.29, 1.82) is 0 Å². The average molecular weight is 233 g/mol. The molecule has 0 aliphatic carbocycles. The molecule has 0 saturated carbocycles. The standard InChI is InChI=1S/C11H14F3NO/c1-11(2,5-16)10(15)8-6(12)3-4-7(13)9(8)14/h3-4,10,16H,5,15H2,1-2H3/t10-/m0/s1. The van der Waals surface area contributed by atoms with Gasteiger partial charge >= 0.3 is 0 Å². The Hall–Kier alpha value is -1.07. The Morgan fingerprint density at radius 1 is 1.25 bits per heavy atom. The van der Waals surface area contributed by atoms with Gasteiger partial charge in [-0.25, -0.2) is 13.2 Å². The molecular formula is C11H14F3NO. The fraction of sp³-hybridized carbons (Fsp3) is 0.455. The van der Waals surface area contributed by atoms with Crippen LogP contribution < -0.4 is 5.73 Å². The number of rotatable bonds is 3. The van der Waals surface area contributed by atoms with E-state index in [1.54, 1.807) is 13.8 Å². The summed E-state index contributed by atoms with van der Waals surface area (Å²) in [6, 6.07) is 0.404. The second-order valence-corrected chi connectivity index (χ2v) is 4.38. The molecule has 0 aliphatic heterocycles. The first-order chi connectivity index (χ1) is 7.31. The van der Waals surface area contributed by atoms with Gasteiger partial charge in [0.25, 0.3) is 0 Å². The maximum Gasteiger partial charge on any atom is 0.166 e. The molecule has 0 unspecified atom stereocenters. The van der Waals surface area contributed by atoms with E-state index in [2.05, 4.69) is 0 Å². The van der Waals surface area contributed by atoms with Crippen molar-refractivity contribution < 1.29 is 18.3 Å². The first kappa shape index (κ1) is 13.0. The molecule has 0 fully saturated rings. The van der Waals surface area contributed by atoms with Crippen molar-refractivity contribution in [3.63, 3.8) is 0 Å². The second-order valence-electron chi connectivity index (χ2n) is 4.38. The minimum absolute atomic E-state index is 0.358. The lowest BCUT2D eigenvalue weighted by molar-refractivity contribution is 0.128. The van der Waals surface area contributed by atoms with E-state index in [0.717, 1.165) is 6.07 Å². The normalized spacial score (nSPS) is 13.9. The molecule has 0 aromatic heterocycles. The number of halogens is 3. The molecule has 90 valence electrons. The number of benzene rings is 1. The van der Waals surface area contributed by atoms with Gasteiger partial charge in [0.2, 0.25) is 0 Å². The van der Waals surface area contributed by atoms with Crippen LogP contribution in [-0.2, 0) is 0 Å². The van der Waals surface area contributed by atoms with Gasteiger partial charge in [-0.3, -0.25) is 0 Å². The Bertz CT molecular complexity index is 393. The Labute approximate surface area is 91.9 Å². The summed E-state index contributed by atoms with van der Waals surface area (Å²) in [7, 11) is 0. The summed E-state index contributed by atoms with van der Waals surface area (Å²) in [6.45, 7) is 2.73. The predicted molar refractivity (Wildman–Crippen MR) is 54.1 cm³/mol. The first-order valence-corrected chi connectivity index (χ1v) is 4.81. The SMILES string of the molecule is CC(C)(CO)[C@@H](N)c1c(F)ccc(F)c1F. The zero-order valence-corrected chi connectivity index (χ0v) is 9.10. The fourth-order valence-corrected chi connectivity index (χ4v) is 1.32. The van der Waals surface area contributed by atoms with Crippen LogP contribution in [0, 0.1) is 22.9 Å². The van der Waals surface area contributed by atoms with Crippen molar-refractivity contribution in [3.05, 3.63) is 35.1 Å². The van der Waals surface area contributed by atoms with Crippen molar-refractivity contribution in [1.82, 2.24) is 0 Å². The molecule has 1 atom stereocenters. The fourth-order valence-electron chi connectivity index (χ4n) is 1.32. The third kappa shape index (κ3) is 2.20. The maximum absolute atomic E-state index is 13.4. The van der Waals surface area contributed by atoms with Crippen molar-refractivity contribution >= 4 is 0 Å². The van der Waals surface area contributed by atoms with Crippen LogP contribution in [0.25, 0.3) is 0 Å². The third-order valence-corrected chi connectivity index (χ3v) is 2.64. The molecule has 0 saturated heterocycles. The molecular weight excluding hydrogens is 219 g/mol. The molecule has 0 amide bonds. The van der Waals surface area contributed by atoms with Gasteiger partial charge < -0.3 is 10.8 Å². The van der Waals surface area contributed by atoms with Crippen LogP contribution in [0.5, 0.6) is 0 Å². The van der Waals surface area contributed by atoms with Crippen LogP contribution in [-0.4, -0.2) is 11.7 Å². The smallest absolute Gasteiger partial charge is 0.166 e. The van der Waals surface area contributed by atoms with Crippen LogP contribution in [0.15, 0.2) is 12.1 Å². The van der Waals surface area contributed by atoms with Crippen molar-refractivity contribution in [2.45, 2.75) is 19.9 Å². The van der Waals surface area contributed by atoms with Gasteiger partial charge in [0.1, 0.15) is 5.82 Å². The Morgan fingerprint density at radius 2 is 1.75 bits per heavy atom. The molecule has 1 aromatic rings. The number of hydrogen-bond acceptors (Lipinski definition) is 2. The van der Waals surface area contributed by atoms with Gasteiger partial charge in [0.05, 0.1) is 0 Å².